The van der Waals surface area contributed by atoms with Crippen molar-refractivity contribution in [3.63, 3.8) is 0 Å². The Kier molecular flexibility index (Phi) is 5.65. The van der Waals surface area contributed by atoms with Crippen LogP contribution < -0.4 is 9.05 Å². The zero-order valence-electron chi connectivity index (χ0n) is 14.4. The lowest BCUT2D eigenvalue weighted by molar-refractivity contribution is 0.300. The van der Waals surface area contributed by atoms with Crippen molar-refractivity contribution in [3.8, 4) is 11.5 Å². The second-order valence-electron chi connectivity index (χ2n) is 5.60. The van der Waals surface area contributed by atoms with Gasteiger partial charge in [-0.3, -0.25) is 0 Å². The van der Waals surface area contributed by atoms with E-state index < -0.39 is 17.9 Å². The third-order valence-corrected chi connectivity index (χ3v) is 6.65. The summed E-state index contributed by atoms with van der Waals surface area (Å²) in [5.41, 5.74) is 0.873. The molecular weight excluding hydrogens is 387 g/mol. The topological polar surface area (TPSA) is 78.9 Å². The van der Waals surface area contributed by atoms with E-state index in [4.69, 9.17) is 13.0 Å². The van der Waals surface area contributed by atoms with Crippen LogP contribution in [0.25, 0.3) is 0 Å². The van der Waals surface area contributed by atoms with E-state index in [0.717, 1.165) is 5.56 Å². The molecule has 0 bridgehead atoms. The monoisotopic (exact) mass is 404 g/mol. The first-order chi connectivity index (χ1) is 12.9. The van der Waals surface area contributed by atoms with Crippen LogP contribution >= 0.6 is 7.82 Å². The van der Waals surface area contributed by atoms with Crippen LogP contribution in [0.2, 0.25) is 0 Å². The first kappa shape index (κ1) is 19.2. The average molecular weight is 404 g/mol. The second kappa shape index (κ2) is 7.96. The Morgan fingerprint density at radius 3 is 1.59 bits per heavy atom. The number of phosphoric acid groups is 1. The highest BCUT2D eigenvalue weighted by Gasteiger charge is 2.38. The number of benzene rings is 3. The number of hydrogen-bond acceptors (Lipinski definition) is 6. The number of hydrogen-bond donors (Lipinski definition) is 0. The molecular formula is C19H17O6PS. The number of para-hydroxylation sites is 2. The van der Waals surface area contributed by atoms with E-state index in [9.17, 15) is 13.0 Å². The fraction of sp³-hybridized carbons (Fsp3) is 0.0526. The van der Waals surface area contributed by atoms with Crippen LogP contribution in [0, 0.1) is 6.92 Å². The van der Waals surface area contributed by atoms with Crippen LogP contribution in [-0.2, 0) is 18.7 Å². The van der Waals surface area contributed by atoms with Crippen LogP contribution in [0.1, 0.15) is 5.56 Å². The van der Waals surface area contributed by atoms with E-state index in [-0.39, 0.29) is 16.4 Å². The lowest BCUT2D eigenvalue weighted by Crippen LogP contribution is -2.11. The van der Waals surface area contributed by atoms with Gasteiger partial charge in [-0.2, -0.15) is 8.42 Å². The van der Waals surface area contributed by atoms with Gasteiger partial charge in [0.15, 0.2) is 0 Å². The molecule has 3 rings (SSSR count). The molecule has 0 fully saturated rings. The molecule has 0 aliphatic rings. The van der Waals surface area contributed by atoms with Gasteiger partial charge in [-0.05, 0) is 43.3 Å². The molecule has 8 heteroatoms. The molecule has 27 heavy (non-hydrogen) atoms. The molecule has 3 aromatic rings. The van der Waals surface area contributed by atoms with E-state index in [1.165, 1.54) is 36.4 Å². The van der Waals surface area contributed by atoms with Crippen molar-refractivity contribution >= 4 is 17.9 Å². The predicted octanol–water partition coefficient (Wildman–Crippen LogP) is 4.97. The van der Waals surface area contributed by atoms with Gasteiger partial charge in [0, 0.05) is 0 Å². The Labute approximate surface area is 158 Å². The molecule has 0 saturated heterocycles. The van der Waals surface area contributed by atoms with Crippen molar-refractivity contribution < 1.29 is 26.0 Å². The van der Waals surface area contributed by atoms with E-state index >= 15 is 0 Å². The van der Waals surface area contributed by atoms with Crippen LogP contribution in [0.4, 0.5) is 0 Å². The normalized spacial score (nSPS) is 11.7. The minimum atomic E-state index is -4.55. The highest BCUT2D eigenvalue weighted by atomic mass is 32.2. The molecule has 0 aromatic heterocycles. The summed E-state index contributed by atoms with van der Waals surface area (Å²) >= 11 is 0. The minimum absolute atomic E-state index is 0.149. The zero-order valence-corrected chi connectivity index (χ0v) is 16.1. The van der Waals surface area contributed by atoms with Crippen LogP contribution in [-0.4, -0.2) is 8.42 Å². The Morgan fingerprint density at radius 1 is 0.704 bits per heavy atom. The Balaban J connectivity index is 1.93. The first-order valence-corrected chi connectivity index (χ1v) is 10.9. The summed E-state index contributed by atoms with van der Waals surface area (Å²) in [5, 5.41) is 0. The molecule has 0 N–H and O–H groups in total. The van der Waals surface area contributed by atoms with E-state index in [1.54, 1.807) is 48.5 Å². The van der Waals surface area contributed by atoms with Crippen LogP contribution in [0.3, 0.4) is 0 Å². The fourth-order valence-electron chi connectivity index (χ4n) is 2.14. The quantitative estimate of drug-likeness (QED) is 0.518. The number of rotatable bonds is 7. The number of phosphoric ester groups is 1. The summed E-state index contributed by atoms with van der Waals surface area (Å²) < 4.78 is 53.9. The van der Waals surface area contributed by atoms with Crippen molar-refractivity contribution in [1.82, 2.24) is 0 Å². The van der Waals surface area contributed by atoms with Crippen molar-refractivity contribution in [2.45, 2.75) is 11.8 Å². The lowest BCUT2D eigenvalue weighted by atomic mass is 10.2. The summed E-state index contributed by atoms with van der Waals surface area (Å²) in [5.74, 6) is 0.298. The Hall–Kier alpha value is -2.60. The SMILES string of the molecule is Cc1ccc(S(=O)(=O)OP(=O)(Oc2ccccc2)Oc2ccccc2)cc1. The Bertz CT molecular complexity index is 989. The van der Waals surface area contributed by atoms with Gasteiger partial charge in [0.05, 0.1) is 4.90 Å². The molecule has 140 valence electrons. The van der Waals surface area contributed by atoms with Gasteiger partial charge in [0.1, 0.15) is 11.5 Å². The van der Waals surface area contributed by atoms with Crippen LogP contribution in [0.5, 0.6) is 11.5 Å². The van der Waals surface area contributed by atoms with Crippen molar-refractivity contribution in [3.05, 3.63) is 90.5 Å². The molecule has 0 unspecified atom stereocenters. The summed E-state index contributed by atoms with van der Waals surface area (Å²) in [7, 11) is -8.94. The molecule has 6 nitrogen and oxygen atoms in total. The molecule has 0 atom stereocenters. The van der Waals surface area contributed by atoms with Crippen molar-refractivity contribution in [1.29, 1.82) is 0 Å². The van der Waals surface area contributed by atoms with E-state index in [1.807, 2.05) is 6.92 Å². The van der Waals surface area contributed by atoms with E-state index in [2.05, 4.69) is 0 Å². The van der Waals surface area contributed by atoms with Gasteiger partial charge in [-0.1, -0.05) is 54.1 Å². The molecule has 0 aliphatic heterocycles. The van der Waals surface area contributed by atoms with Gasteiger partial charge in [0.2, 0.25) is 0 Å². The minimum Gasteiger partial charge on any atom is -0.394 e. The number of aryl methyl sites for hydroxylation is 1. The van der Waals surface area contributed by atoms with Gasteiger partial charge >= 0.3 is 17.9 Å². The lowest BCUT2D eigenvalue weighted by Gasteiger charge is -2.18. The van der Waals surface area contributed by atoms with Gasteiger partial charge in [-0.15, -0.1) is 3.97 Å². The summed E-state index contributed by atoms with van der Waals surface area (Å²) in [6.07, 6.45) is 0. The second-order valence-corrected chi connectivity index (χ2v) is 8.83. The standard InChI is InChI=1S/C19H17O6PS/c1-16-12-14-19(15-13-16)27(21,22)25-26(20,23-17-8-4-2-5-9-17)24-18-10-6-3-7-11-18/h2-15H,1H3. The third-order valence-electron chi connectivity index (χ3n) is 3.42. The molecule has 0 heterocycles. The maximum atomic E-state index is 13.2. The van der Waals surface area contributed by atoms with Crippen LogP contribution in [0.15, 0.2) is 89.8 Å². The maximum Gasteiger partial charge on any atom is 0.603 e. The maximum absolute atomic E-state index is 13.2. The molecule has 0 amide bonds. The Morgan fingerprint density at radius 2 is 1.15 bits per heavy atom. The van der Waals surface area contributed by atoms with Gasteiger partial charge in [0.25, 0.3) is 0 Å². The highest BCUT2D eigenvalue weighted by Crippen LogP contribution is 2.51. The third kappa shape index (κ3) is 5.20. The fourth-order valence-corrected chi connectivity index (χ4v) is 4.95. The first-order valence-electron chi connectivity index (χ1n) is 7.99. The molecule has 0 radical (unpaired) electrons. The molecule has 0 aliphatic carbocycles. The summed E-state index contributed by atoms with van der Waals surface area (Å²) in [6, 6.07) is 22.1. The summed E-state index contributed by atoms with van der Waals surface area (Å²) in [6.45, 7) is 1.82. The average Bonchev–Trinajstić information content (AvgIpc) is 2.63. The molecule has 0 spiro atoms. The zero-order chi connectivity index (χ0) is 19.3. The smallest absolute Gasteiger partial charge is 0.394 e. The largest absolute Gasteiger partial charge is 0.603 e. The van der Waals surface area contributed by atoms with Gasteiger partial charge in [-0.25, -0.2) is 4.57 Å². The molecule has 0 saturated carbocycles. The van der Waals surface area contributed by atoms with Gasteiger partial charge < -0.3 is 9.05 Å². The van der Waals surface area contributed by atoms with Crippen molar-refractivity contribution in [2.75, 3.05) is 0 Å². The summed E-state index contributed by atoms with van der Waals surface area (Å²) in [4.78, 5) is -0.151. The van der Waals surface area contributed by atoms with E-state index in [0.29, 0.717) is 0 Å². The van der Waals surface area contributed by atoms with Crippen molar-refractivity contribution in [2.24, 2.45) is 0 Å². The molecule has 3 aromatic carbocycles. The highest BCUT2D eigenvalue weighted by molar-refractivity contribution is 7.90. The predicted molar refractivity (Wildman–Crippen MR) is 101 cm³/mol.